The SMILES string of the molecule is CC(C)(C)c1ccc(C(=O)N[C@@H](c2ccc(F)cc2)c2nnc(-c3ccccc3)o2)cc1. The summed E-state index contributed by atoms with van der Waals surface area (Å²) >= 11 is 0. The number of hydrogen-bond acceptors (Lipinski definition) is 4. The van der Waals surface area contributed by atoms with Crippen LogP contribution in [0.2, 0.25) is 0 Å². The Hall–Kier alpha value is -3.80. The van der Waals surface area contributed by atoms with E-state index in [1.54, 1.807) is 24.3 Å². The molecule has 32 heavy (non-hydrogen) atoms. The van der Waals surface area contributed by atoms with Gasteiger partial charge in [0.25, 0.3) is 5.91 Å². The predicted molar refractivity (Wildman–Crippen MR) is 121 cm³/mol. The molecule has 0 aliphatic rings. The molecule has 1 atom stereocenters. The quantitative estimate of drug-likeness (QED) is 0.442. The molecule has 0 radical (unpaired) electrons. The van der Waals surface area contributed by atoms with Gasteiger partial charge in [0.2, 0.25) is 11.8 Å². The first kappa shape index (κ1) is 21.4. The zero-order valence-corrected chi connectivity index (χ0v) is 18.2. The van der Waals surface area contributed by atoms with E-state index >= 15 is 0 Å². The fourth-order valence-electron chi connectivity index (χ4n) is 3.33. The molecule has 6 heteroatoms. The van der Waals surface area contributed by atoms with Gasteiger partial charge in [0, 0.05) is 11.1 Å². The molecule has 4 aromatic rings. The van der Waals surface area contributed by atoms with Gasteiger partial charge in [0.15, 0.2) is 0 Å². The fourth-order valence-corrected chi connectivity index (χ4v) is 3.33. The summed E-state index contributed by atoms with van der Waals surface area (Å²) in [6.07, 6.45) is 0. The number of rotatable bonds is 5. The molecule has 4 rings (SSSR count). The molecule has 0 spiro atoms. The van der Waals surface area contributed by atoms with E-state index in [9.17, 15) is 9.18 Å². The van der Waals surface area contributed by atoms with Crippen molar-refractivity contribution in [2.45, 2.75) is 32.2 Å². The molecular formula is C26H24FN3O2. The lowest BCUT2D eigenvalue weighted by molar-refractivity contribution is 0.0938. The minimum Gasteiger partial charge on any atom is -0.418 e. The van der Waals surface area contributed by atoms with E-state index in [0.717, 1.165) is 11.1 Å². The van der Waals surface area contributed by atoms with E-state index in [1.165, 1.54) is 12.1 Å². The summed E-state index contributed by atoms with van der Waals surface area (Å²) in [4.78, 5) is 13.0. The summed E-state index contributed by atoms with van der Waals surface area (Å²) in [6.45, 7) is 6.35. The Morgan fingerprint density at radius 3 is 2.19 bits per heavy atom. The van der Waals surface area contributed by atoms with Crippen LogP contribution < -0.4 is 5.32 Å². The highest BCUT2D eigenvalue weighted by atomic mass is 19.1. The average molecular weight is 429 g/mol. The highest BCUT2D eigenvalue weighted by molar-refractivity contribution is 5.94. The number of amides is 1. The largest absolute Gasteiger partial charge is 0.418 e. The van der Waals surface area contributed by atoms with E-state index in [1.807, 2.05) is 42.5 Å². The van der Waals surface area contributed by atoms with Crippen molar-refractivity contribution in [3.63, 3.8) is 0 Å². The molecule has 1 amide bonds. The second kappa shape index (κ2) is 8.75. The first-order valence-electron chi connectivity index (χ1n) is 10.4. The van der Waals surface area contributed by atoms with Crippen molar-refractivity contribution in [2.75, 3.05) is 0 Å². The van der Waals surface area contributed by atoms with Gasteiger partial charge < -0.3 is 9.73 Å². The maximum atomic E-state index is 13.5. The van der Waals surface area contributed by atoms with Crippen molar-refractivity contribution in [3.05, 3.63) is 107 Å². The van der Waals surface area contributed by atoms with Gasteiger partial charge in [-0.25, -0.2) is 4.39 Å². The summed E-state index contributed by atoms with van der Waals surface area (Å²) in [5, 5.41) is 11.2. The summed E-state index contributed by atoms with van der Waals surface area (Å²) in [5.41, 5.74) is 3.03. The lowest BCUT2D eigenvalue weighted by atomic mass is 9.86. The number of halogens is 1. The normalized spacial score (nSPS) is 12.4. The second-order valence-electron chi connectivity index (χ2n) is 8.60. The lowest BCUT2D eigenvalue weighted by Crippen LogP contribution is -2.29. The van der Waals surface area contributed by atoms with E-state index in [2.05, 4.69) is 36.3 Å². The Balaban J connectivity index is 1.64. The zero-order valence-electron chi connectivity index (χ0n) is 18.2. The molecule has 0 fully saturated rings. The van der Waals surface area contributed by atoms with Crippen molar-refractivity contribution in [1.29, 1.82) is 0 Å². The Morgan fingerprint density at radius 1 is 0.906 bits per heavy atom. The molecule has 5 nitrogen and oxygen atoms in total. The van der Waals surface area contributed by atoms with Crippen LogP contribution in [0.4, 0.5) is 4.39 Å². The number of carbonyl (C=O) groups excluding carboxylic acids is 1. The zero-order chi connectivity index (χ0) is 22.7. The van der Waals surface area contributed by atoms with Crippen LogP contribution in [0, 0.1) is 5.82 Å². The van der Waals surface area contributed by atoms with Crippen molar-refractivity contribution < 1.29 is 13.6 Å². The standard InChI is InChI=1S/C26H24FN3O2/c1-26(2,3)20-13-9-18(10-14-20)23(31)28-22(17-11-15-21(27)16-12-17)25-30-29-24(32-25)19-7-5-4-6-8-19/h4-16,22H,1-3H3,(H,28,31)/t22-/m0/s1. The van der Waals surface area contributed by atoms with Gasteiger partial charge in [0.1, 0.15) is 11.9 Å². The minimum absolute atomic E-state index is 0.0107. The van der Waals surface area contributed by atoms with Gasteiger partial charge in [-0.1, -0.05) is 63.2 Å². The maximum Gasteiger partial charge on any atom is 0.252 e. The van der Waals surface area contributed by atoms with Gasteiger partial charge in [-0.05, 0) is 52.9 Å². The van der Waals surface area contributed by atoms with Crippen molar-refractivity contribution in [3.8, 4) is 11.5 Å². The van der Waals surface area contributed by atoms with Crippen LogP contribution in [0.25, 0.3) is 11.5 Å². The van der Waals surface area contributed by atoms with Gasteiger partial charge in [-0.3, -0.25) is 4.79 Å². The monoisotopic (exact) mass is 429 g/mol. The molecular weight excluding hydrogens is 405 g/mol. The molecule has 0 saturated heterocycles. The van der Waals surface area contributed by atoms with E-state index < -0.39 is 6.04 Å². The van der Waals surface area contributed by atoms with Crippen molar-refractivity contribution in [1.82, 2.24) is 15.5 Å². The van der Waals surface area contributed by atoms with Crippen LogP contribution in [0.5, 0.6) is 0 Å². The highest BCUT2D eigenvalue weighted by Gasteiger charge is 2.24. The number of carbonyl (C=O) groups is 1. The fraction of sp³-hybridized carbons (Fsp3) is 0.192. The molecule has 3 aromatic carbocycles. The number of nitrogens with zero attached hydrogens (tertiary/aromatic N) is 2. The van der Waals surface area contributed by atoms with Crippen LogP contribution in [-0.2, 0) is 5.41 Å². The molecule has 0 aliphatic carbocycles. The number of nitrogens with one attached hydrogen (secondary N) is 1. The molecule has 0 aliphatic heterocycles. The van der Waals surface area contributed by atoms with Crippen molar-refractivity contribution >= 4 is 5.91 Å². The smallest absolute Gasteiger partial charge is 0.252 e. The van der Waals surface area contributed by atoms with E-state index in [0.29, 0.717) is 17.0 Å². The third-order valence-corrected chi connectivity index (χ3v) is 5.20. The molecule has 0 unspecified atom stereocenters. The summed E-state index contributed by atoms with van der Waals surface area (Å²) < 4.78 is 19.4. The van der Waals surface area contributed by atoms with Crippen LogP contribution in [0.15, 0.2) is 83.3 Å². The molecule has 1 heterocycles. The Labute approximate surface area is 186 Å². The number of aromatic nitrogens is 2. The van der Waals surface area contributed by atoms with E-state index in [-0.39, 0.29) is 23.0 Å². The van der Waals surface area contributed by atoms with Crippen LogP contribution in [0.1, 0.15) is 54.2 Å². The number of hydrogen-bond donors (Lipinski definition) is 1. The van der Waals surface area contributed by atoms with Crippen LogP contribution in [-0.4, -0.2) is 16.1 Å². The van der Waals surface area contributed by atoms with Gasteiger partial charge in [0.05, 0.1) is 0 Å². The third-order valence-electron chi connectivity index (χ3n) is 5.20. The van der Waals surface area contributed by atoms with Gasteiger partial charge in [-0.2, -0.15) is 0 Å². The average Bonchev–Trinajstić information content (AvgIpc) is 3.28. The predicted octanol–water partition coefficient (Wildman–Crippen LogP) is 5.69. The molecule has 0 bridgehead atoms. The Kier molecular flexibility index (Phi) is 5.86. The first-order chi connectivity index (χ1) is 15.3. The molecule has 0 saturated carbocycles. The third kappa shape index (κ3) is 4.75. The van der Waals surface area contributed by atoms with Crippen LogP contribution >= 0.6 is 0 Å². The summed E-state index contributed by atoms with van der Waals surface area (Å²) in [5.74, 6) is -0.0991. The lowest BCUT2D eigenvalue weighted by Gasteiger charge is -2.20. The molecule has 162 valence electrons. The number of benzene rings is 3. The van der Waals surface area contributed by atoms with Crippen molar-refractivity contribution in [2.24, 2.45) is 0 Å². The Morgan fingerprint density at radius 2 is 1.56 bits per heavy atom. The van der Waals surface area contributed by atoms with Crippen LogP contribution in [0.3, 0.4) is 0 Å². The minimum atomic E-state index is -0.727. The second-order valence-corrected chi connectivity index (χ2v) is 8.60. The molecule has 1 aromatic heterocycles. The highest BCUT2D eigenvalue weighted by Crippen LogP contribution is 2.26. The van der Waals surface area contributed by atoms with Gasteiger partial charge >= 0.3 is 0 Å². The van der Waals surface area contributed by atoms with E-state index in [4.69, 9.17) is 4.42 Å². The summed E-state index contributed by atoms with van der Waals surface area (Å²) in [7, 11) is 0. The maximum absolute atomic E-state index is 13.5. The topological polar surface area (TPSA) is 68.0 Å². The summed E-state index contributed by atoms with van der Waals surface area (Å²) in [6, 6.07) is 22.0. The first-order valence-corrected chi connectivity index (χ1v) is 10.4. The van der Waals surface area contributed by atoms with Gasteiger partial charge in [-0.15, -0.1) is 10.2 Å². The molecule has 1 N–H and O–H groups in total. The Bertz CT molecular complexity index is 1190.